The molecule has 0 saturated heterocycles. The molecule has 0 fully saturated rings. The summed E-state index contributed by atoms with van der Waals surface area (Å²) in [4.78, 5) is 11.1. The number of hydrogen-bond acceptors (Lipinski definition) is 2. The minimum Gasteiger partial charge on any atom is -0.266 e. The predicted molar refractivity (Wildman–Crippen MR) is 64.1 cm³/mol. The maximum absolute atomic E-state index is 11.1. The first kappa shape index (κ1) is 11.2. The molecule has 1 heterocycles. The Labute approximate surface area is 102 Å². The number of halogens is 2. The van der Waals surface area contributed by atoms with Crippen LogP contribution in [-0.2, 0) is 6.42 Å². The average Bonchev–Trinajstić information content (AvgIpc) is 2.31. The van der Waals surface area contributed by atoms with E-state index in [1.54, 1.807) is 0 Å². The highest BCUT2D eigenvalue weighted by atomic mass is 35.5. The van der Waals surface area contributed by atoms with Crippen molar-refractivity contribution in [2.75, 3.05) is 0 Å². The molecule has 0 bridgehead atoms. The summed E-state index contributed by atoms with van der Waals surface area (Å²) in [6, 6.07) is 9.69. The fourth-order valence-corrected chi connectivity index (χ4v) is 1.70. The zero-order valence-corrected chi connectivity index (χ0v) is 9.72. The molecular formula is C11H8Cl2N2O. The first-order chi connectivity index (χ1) is 7.68. The van der Waals surface area contributed by atoms with Gasteiger partial charge in [0.15, 0.2) is 0 Å². The van der Waals surface area contributed by atoms with Gasteiger partial charge >= 0.3 is 0 Å². The Bertz CT molecular complexity index is 552. The maximum atomic E-state index is 11.1. The molecule has 3 nitrogen and oxygen atoms in total. The molecule has 0 aliphatic carbocycles. The van der Waals surface area contributed by atoms with E-state index in [0.29, 0.717) is 12.1 Å². The minimum atomic E-state index is -0.469. The largest absolute Gasteiger partial charge is 0.284 e. The van der Waals surface area contributed by atoms with Gasteiger partial charge in [-0.2, -0.15) is 5.10 Å². The molecule has 1 aromatic heterocycles. The fraction of sp³-hybridized carbons (Fsp3) is 0.0909. The fourth-order valence-electron chi connectivity index (χ4n) is 1.35. The Hall–Kier alpha value is -1.32. The average molecular weight is 255 g/mol. The van der Waals surface area contributed by atoms with Crippen molar-refractivity contribution >= 4 is 23.2 Å². The van der Waals surface area contributed by atoms with E-state index >= 15 is 0 Å². The molecule has 0 radical (unpaired) electrons. The molecule has 2 rings (SSSR count). The number of aromatic nitrogens is 2. The van der Waals surface area contributed by atoms with Crippen LogP contribution in [0.2, 0.25) is 10.0 Å². The van der Waals surface area contributed by atoms with Crippen LogP contribution < -0.4 is 5.56 Å². The lowest BCUT2D eigenvalue weighted by Gasteiger charge is -2.03. The summed E-state index contributed by atoms with van der Waals surface area (Å²) in [6.45, 7) is 0. The molecule has 16 heavy (non-hydrogen) atoms. The quantitative estimate of drug-likeness (QED) is 0.896. The van der Waals surface area contributed by atoms with Gasteiger partial charge in [-0.1, -0.05) is 53.5 Å². The van der Waals surface area contributed by atoms with Crippen molar-refractivity contribution in [1.29, 1.82) is 0 Å². The second-order valence-corrected chi connectivity index (χ2v) is 4.05. The van der Waals surface area contributed by atoms with Crippen LogP contribution in [-0.4, -0.2) is 10.2 Å². The van der Waals surface area contributed by atoms with Crippen molar-refractivity contribution in [1.82, 2.24) is 10.2 Å². The molecule has 0 amide bonds. The van der Waals surface area contributed by atoms with Crippen molar-refractivity contribution in [2.24, 2.45) is 0 Å². The Morgan fingerprint density at radius 3 is 2.50 bits per heavy atom. The number of nitrogens with zero attached hydrogens (tertiary/aromatic N) is 1. The van der Waals surface area contributed by atoms with Gasteiger partial charge in [0.2, 0.25) is 0 Å². The molecule has 2 aromatic rings. The second kappa shape index (κ2) is 4.68. The van der Waals surface area contributed by atoms with Crippen LogP contribution >= 0.6 is 23.2 Å². The third kappa shape index (κ3) is 2.26. The zero-order valence-electron chi connectivity index (χ0n) is 8.21. The molecule has 82 valence electrons. The summed E-state index contributed by atoms with van der Waals surface area (Å²) < 4.78 is 0. The molecule has 1 aromatic carbocycles. The molecule has 1 N–H and O–H groups in total. The van der Waals surface area contributed by atoms with Crippen LogP contribution in [0.1, 0.15) is 11.3 Å². The highest BCUT2D eigenvalue weighted by molar-refractivity contribution is 6.42. The molecule has 0 aliphatic heterocycles. The SMILES string of the molecule is O=c1[nH]nc(Cc2ccccc2)c(Cl)c1Cl. The van der Waals surface area contributed by atoms with E-state index in [1.165, 1.54) is 0 Å². The van der Waals surface area contributed by atoms with Gasteiger partial charge in [0.05, 0.1) is 10.7 Å². The van der Waals surface area contributed by atoms with Crippen LogP contribution in [0.5, 0.6) is 0 Å². The van der Waals surface area contributed by atoms with Crippen LogP contribution in [0, 0.1) is 0 Å². The summed E-state index contributed by atoms with van der Waals surface area (Å²) in [5, 5.41) is 6.39. The van der Waals surface area contributed by atoms with Crippen molar-refractivity contribution in [3.63, 3.8) is 0 Å². The van der Waals surface area contributed by atoms with E-state index in [0.717, 1.165) is 5.56 Å². The van der Waals surface area contributed by atoms with Crippen LogP contribution in [0.15, 0.2) is 35.1 Å². The second-order valence-electron chi connectivity index (χ2n) is 3.29. The van der Waals surface area contributed by atoms with E-state index in [9.17, 15) is 4.79 Å². The molecule has 0 spiro atoms. The van der Waals surface area contributed by atoms with Gasteiger partial charge in [-0.25, -0.2) is 5.10 Å². The molecule has 5 heteroatoms. The molecule has 0 atom stereocenters. The number of nitrogens with one attached hydrogen (secondary N) is 1. The lowest BCUT2D eigenvalue weighted by molar-refractivity contribution is 0.911. The third-order valence-electron chi connectivity index (χ3n) is 2.15. The van der Waals surface area contributed by atoms with E-state index in [-0.39, 0.29) is 10.0 Å². The maximum Gasteiger partial charge on any atom is 0.284 e. The smallest absolute Gasteiger partial charge is 0.266 e. The van der Waals surface area contributed by atoms with Gasteiger partial charge in [0, 0.05) is 6.42 Å². The number of benzene rings is 1. The van der Waals surface area contributed by atoms with Crippen molar-refractivity contribution in [3.8, 4) is 0 Å². The van der Waals surface area contributed by atoms with Gasteiger partial charge in [-0.15, -0.1) is 0 Å². The monoisotopic (exact) mass is 254 g/mol. The Kier molecular flexibility index (Phi) is 3.27. The summed E-state index contributed by atoms with van der Waals surface area (Å²) in [6.07, 6.45) is 0.538. The Morgan fingerprint density at radius 1 is 1.12 bits per heavy atom. The molecule has 0 aliphatic rings. The topological polar surface area (TPSA) is 45.8 Å². The van der Waals surface area contributed by atoms with E-state index in [2.05, 4.69) is 10.2 Å². The number of hydrogen-bond donors (Lipinski definition) is 1. The first-order valence-corrected chi connectivity index (χ1v) is 5.40. The molecule has 0 unspecified atom stereocenters. The lowest BCUT2D eigenvalue weighted by atomic mass is 10.1. The lowest BCUT2D eigenvalue weighted by Crippen LogP contribution is -2.11. The number of rotatable bonds is 2. The normalized spacial score (nSPS) is 10.4. The van der Waals surface area contributed by atoms with E-state index in [1.807, 2.05) is 30.3 Å². The number of aromatic amines is 1. The van der Waals surface area contributed by atoms with Gasteiger partial charge in [-0.3, -0.25) is 4.79 Å². The Balaban J connectivity index is 2.36. The van der Waals surface area contributed by atoms with E-state index < -0.39 is 5.56 Å². The van der Waals surface area contributed by atoms with Gasteiger partial charge in [-0.05, 0) is 5.56 Å². The summed E-state index contributed by atoms with van der Waals surface area (Å²) in [7, 11) is 0. The van der Waals surface area contributed by atoms with E-state index in [4.69, 9.17) is 23.2 Å². The van der Waals surface area contributed by atoms with Crippen LogP contribution in [0.3, 0.4) is 0 Å². The standard InChI is InChI=1S/C11H8Cl2N2O/c12-9-8(14-15-11(16)10(9)13)6-7-4-2-1-3-5-7/h1-5H,6H2,(H,15,16). The van der Waals surface area contributed by atoms with Crippen molar-refractivity contribution < 1.29 is 0 Å². The highest BCUT2D eigenvalue weighted by Crippen LogP contribution is 2.21. The number of H-pyrrole nitrogens is 1. The predicted octanol–water partition coefficient (Wildman–Crippen LogP) is 2.67. The van der Waals surface area contributed by atoms with Crippen LogP contribution in [0.25, 0.3) is 0 Å². The minimum absolute atomic E-state index is 0.0115. The van der Waals surface area contributed by atoms with Gasteiger partial charge in [0.1, 0.15) is 5.02 Å². The summed E-state index contributed by atoms with van der Waals surface area (Å²) in [5.74, 6) is 0. The summed E-state index contributed by atoms with van der Waals surface area (Å²) >= 11 is 11.7. The zero-order chi connectivity index (χ0) is 11.5. The van der Waals surface area contributed by atoms with Crippen molar-refractivity contribution in [2.45, 2.75) is 6.42 Å². The summed E-state index contributed by atoms with van der Waals surface area (Å²) in [5.41, 5.74) is 1.15. The van der Waals surface area contributed by atoms with Gasteiger partial charge < -0.3 is 0 Å². The first-order valence-electron chi connectivity index (χ1n) is 4.65. The molecule has 0 saturated carbocycles. The van der Waals surface area contributed by atoms with Crippen molar-refractivity contribution in [3.05, 3.63) is 62.0 Å². The Morgan fingerprint density at radius 2 is 1.81 bits per heavy atom. The third-order valence-corrected chi connectivity index (χ3v) is 3.02. The van der Waals surface area contributed by atoms with Crippen LogP contribution in [0.4, 0.5) is 0 Å². The van der Waals surface area contributed by atoms with Gasteiger partial charge in [0.25, 0.3) is 5.56 Å². The highest BCUT2D eigenvalue weighted by Gasteiger charge is 2.10. The molecular weight excluding hydrogens is 247 g/mol.